The van der Waals surface area contributed by atoms with Crippen molar-refractivity contribution in [1.82, 2.24) is 30.2 Å². The summed E-state index contributed by atoms with van der Waals surface area (Å²) in [5.41, 5.74) is 3.52. The van der Waals surface area contributed by atoms with Gasteiger partial charge in [0.25, 0.3) is 11.8 Å². The lowest BCUT2D eigenvalue weighted by Gasteiger charge is -2.46. The summed E-state index contributed by atoms with van der Waals surface area (Å²) in [5, 5.41) is 24.9. The van der Waals surface area contributed by atoms with E-state index in [9.17, 15) is 24.3 Å². The van der Waals surface area contributed by atoms with Gasteiger partial charge in [0.2, 0.25) is 11.8 Å². The van der Waals surface area contributed by atoms with Gasteiger partial charge in [-0.2, -0.15) is 0 Å². The van der Waals surface area contributed by atoms with Gasteiger partial charge in [0.1, 0.15) is 18.0 Å². The number of aromatic nitrogens is 2. The number of piperazine rings is 1. The summed E-state index contributed by atoms with van der Waals surface area (Å²) in [6, 6.07) is 13.6. The number of fused-ring (bicyclic) bond motifs is 5. The Kier molecular flexibility index (Phi) is 8.28. The molecule has 1 aliphatic carbocycles. The highest BCUT2D eigenvalue weighted by molar-refractivity contribution is 6.23. The van der Waals surface area contributed by atoms with E-state index < -0.39 is 35.8 Å². The topological polar surface area (TPSA) is 155 Å². The highest BCUT2D eigenvalue weighted by Gasteiger charge is 2.56. The van der Waals surface area contributed by atoms with Crippen molar-refractivity contribution < 1.29 is 28.7 Å². The quantitative estimate of drug-likeness (QED) is 0.304. The van der Waals surface area contributed by atoms with Crippen LogP contribution in [0.5, 0.6) is 5.75 Å². The largest absolute Gasteiger partial charge is 0.507 e. The molecule has 55 heavy (non-hydrogen) atoms. The molecule has 1 unspecified atom stereocenters. The van der Waals surface area contributed by atoms with Crippen LogP contribution in [0.2, 0.25) is 0 Å². The van der Waals surface area contributed by atoms with Crippen LogP contribution in [0.4, 0.5) is 21.6 Å². The van der Waals surface area contributed by atoms with Gasteiger partial charge in [-0.05, 0) is 67.0 Å². The smallest absolute Gasteiger partial charge is 0.262 e. The van der Waals surface area contributed by atoms with E-state index in [0.29, 0.717) is 53.7 Å². The Morgan fingerprint density at radius 2 is 1.64 bits per heavy atom. The highest BCUT2D eigenvalue weighted by atomic mass is 19.1. The Balaban J connectivity index is 0.701. The Hall–Kier alpha value is -5.15. The fourth-order valence-corrected chi connectivity index (χ4v) is 10.2. The zero-order chi connectivity index (χ0) is 37.5. The number of rotatable bonds is 7. The highest BCUT2D eigenvalue weighted by Crippen LogP contribution is 2.52. The number of nitrogens with zero attached hydrogens (tertiary/aromatic N) is 7. The number of carbonyl (C=O) groups is 4. The second kappa shape index (κ2) is 13.3. The molecule has 5 fully saturated rings. The second-order valence-corrected chi connectivity index (χ2v) is 16.4. The first-order chi connectivity index (χ1) is 26.7. The molecule has 0 radical (unpaired) electrons. The summed E-state index contributed by atoms with van der Waals surface area (Å²) < 4.78 is 15.8. The van der Waals surface area contributed by atoms with Gasteiger partial charge < -0.3 is 25.1 Å². The predicted molar refractivity (Wildman–Crippen MR) is 200 cm³/mol. The number of phenolic OH excluding ortho intramolecular Hbond substituents is 1. The number of imide groups is 2. The van der Waals surface area contributed by atoms with E-state index >= 15 is 4.39 Å². The Bertz CT molecular complexity index is 2090. The zero-order valence-electron chi connectivity index (χ0n) is 30.4. The summed E-state index contributed by atoms with van der Waals surface area (Å²) in [7, 11) is 0. The van der Waals surface area contributed by atoms with Crippen LogP contribution in [0.15, 0.2) is 48.5 Å². The van der Waals surface area contributed by atoms with Crippen molar-refractivity contribution in [2.45, 2.75) is 37.5 Å². The minimum atomic E-state index is -1.02. The summed E-state index contributed by atoms with van der Waals surface area (Å²) in [6.07, 6.45) is -0.147. The number of anilines is 3. The van der Waals surface area contributed by atoms with Crippen molar-refractivity contribution in [1.29, 1.82) is 0 Å². The summed E-state index contributed by atoms with van der Waals surface area (Å²) in [5.74, 6) is 0.813. The van der Waals surface area contributed by atoms with Gasteiger partial charge in [0.05, 0.1) is 28.6 Å². The van der Waals surface area contributed by atoms with Crippen molar-refractivity contribution in [2.75, 3.05) is 80.6 Å². The third kappa shape index (κ3) is 5.98. The molecule has 2 aromatic carbocycles. The van der Waals surface area contributed by atoms with Crippen LogP contribution in [0.25, 0.3) is 11.3 Å². The van der Waals surface area contributed by atoms with Crippen LogP contribution in [-0.4, -0.2) is 137 Å². The summed E-state index contributed by atoms with van der Waals surface area (Å²) in [4.78, 5) is 60.9. The number of alkyl halides is 1. The molecule has 1 saturated carbocycles. The minimum absolute atomic E-state index is 0.0568. The molecule has 286 valence electrons. The van der Waals surface area contributed by atoms with E-state index in [2.05, 4.69) is 35.5 Å². The third-order valence-corrected chi connectivity index (χ3v) is 13.2. The lowest BCUT2D eigenvalue weighted by molar-refractivity contribution is -0.136. The molecule has 10 rings (SSSR count). The first-order valence-corrected chi connectivity index (χ1v) is 19.6. The number of amides is 4. The van der Waals surface area contributed by atoms with E-state index in [1.54, 1.807) is 30.3 Å². The fourth-order valence-electron chi connectivity index (χ4n) is 10.2. The van der Waals surface area contributed by atoms with Crippen LogP contribution in [-0.2, 0) is 9.59 Å². The lowest BCUT2D eigenvalue weighted by Crippen LogP contribution is -2.58. The number of phenols is 1. The zero-order valence-corrected chi connectivity index (χ0v) is 30.4. The molecule has 1 aromatic heterocycles. The van der Waals surface area contributed by atoms with Crippen molar-refractivity contribution in [3.05, 3.63) is 59.7 Å². The maximum Gasteiger partial charge on any atom is 0.262 e. The van der Waals surface area contributed by atoms with E-state index in [1.807, 2.05) is 23.1 Å². The van der Waals surface area contributed by atoms with E-state index in [1.165, 1.54) is 0 Å². The molecular weight excluding hydrogens is 705 g/mol. The molecule has 3 N–H and O–H groups in total. The maximum atomic E-state index is 15.8. The average molecular weight is 750 g/mol. The number of para-hydroxylation sites is 1. The monoisotopic (exact) mass is 749 g/mol. The number of hydrogen-bond donors (Lipinski definition) is 3. The fraction of sp³-hybridized carbons (Fsp3) is 0.500. The Morgan fingerprint density at radius 1 is 0.818 bits per heavy atom. The van der Waals surface area contributed by atoms with Gasteiger partial charge in [-0.3, -0.25) is 34.3 Å². The van der Waals surface area contributed by atoms with Crippen LogP contribution in [0.1, 0.15) is 40.0 Å². The number of aromatic hydroxyl groups is 1. The minimum Gasteiger partial charge on any atom is -0.507 e. The maximum absolute atomic E-state index is 15.8. The number of piperidine rings is 3. The molecule has 7 aliphatic rings. The second-order valence-electron chi connectivity index (χ2n) is 16.4. The van der Waals surface area contributed by atoms with Crippen molar-refractivity contribution in [2.24, 2.45) is 23.7 Å². The molecule has 0 spiro atoms. The lowest BCUT2D eigenvalue weighted by atomic mass is 9.93. The molecule has 6 aliphatic heterocycles. The van der Waals surface area contributed by atoms with Crippen molar-refractivity contribution in [3.63, 3.8) is 0 Å². The molecule has 15 heteroatoms. The molecule has 7 heterocycles. The molecular formula is C40H44FN9O5. The predicted octanol–water partition coefficient (Wildman–Crippen LogP) is 2.21. The molecule has 4 saturated heterocycles. The summed E-state index contributed by atoms with van der Waals surface area (Å²) >= 11 is 0. The number of halogens is 1. The normalized spacial score (nSPS) is 30.4. The van der Waals surface area contributed by atoms with E-state index in [4.69, 9.17) is 0 Å². The average Bonchev–Trinajstić information content (AvgIpc) is 3.49. The molecule has 3 aromatic rings. The number of hydrogen-bond acceptors (Lipinski definition) is 12. The number of likely N-dealkylation sites (tertiary alicyclic amines) is 1. The van der Waals surface area contributed by atoms with Crippen LogP contribution in [0.3, 0.4) is 0 Å². The van der Waals surface area contributed by atoms with Gasteiger partial charge in [0, 0.05) is 89.0 Å². The van der Waals surface area contributed by atoms with Gasteiger partial charge in [-0.1, -0.05) is 12.1 Å². The first kappa shape index (κ1) is 34.3. The van der Waals surface area contributed by atoms with E-state index in [-0.39, 0.29) is 42.2 Å². The molecule has 7 atom stereocenters. The van der Waals surface area contributed by atoms with E-state index in [0.717, 1.165) is 68.8 Å². The molecule has 0 bridgehead atoms. The van der Waals surface area contributed by atoms with Crippen LogP contribution >= 0.6 is 0 Å². The summed E-state index contributed by atoms with van der Waals surface area (Å²) in [6.45, 7) is 8.48. The van der Waals surface area contributed by atoms with Gasteiger partial charge in [0.15, 0.2) is 5.82 Å². The first-order valence-electron chi connectivity index (χ1n) is 19.6. The van der Waals surface area contributed by atoms with Crippen LogP contribution in [0, 0.1) is 23.7 Å². The van der Waals surface area contributed by atoms with Crippen LogP contribution < -0.4 is 20.4 Å². The number of nitrogens with one attached hydrogen (secondary N) is 2. The van der Waals surface area contributed by atoms with Gasteiger partial charge in [-0.25, -0.2) is 4.39 Å². The Morgan fingerprint density at radius 3 is 2.44 bits per heavy atom. The Labute approximate surface area is 317 Å². The molecule has 14 nitrogen and oxygen atoms in total. The van der Waals surface area contributed by atoms with Gasteiger partial charge >= 0.3 is 0 Å². The number of benzene rings is 2. The van der Waals surface area contributed by atoms with Gasteiger partial charge in [-0.15, -0.1) is 10.2 Å². The SMILES string of the molecule is O=C1CCC(N2C(=O)c3ccc(N4CC[C@H](CN5C[C@@H]6[C@H](C5)[C@H]6CN5CCN6c7cc(-c8ccccc8O)nnc7NC[C@H]6C5)[C@@H](F)C4)cc3C2=O)C(=O)N1. The number of carbonyl (C=O) groups excluding carboxylic acids is 4. The van der Waals surface area contributed by atoms with Crippen molar-refractivity contribution >= 4 is 40.8 Å². The molecule has 4 amide bonds. The van der Waals surface area contributed by atoms with Crippen molar-refractivity contribution in [3.8, 4) is 17.0 Å². The standard InChI is InChI=1S/C40H44FN9O5/c41-31-21-48(23-5-6-25-27(13-23)40(55)50(39(25)54)33-7-8-36(52)43-38(33)53)10-9-22(31)16-47-19-29-28(30(29)20-47)18-46-11-12-49-24(17-46)15-42-37-34(49)14-32(44-45-37)26-3-1-2-4-35(26)51/h1-6,13-14,22,24,28-31,33,51H,7-12,15-21H2,(H,42,45)(H,43,52,53)/t22-,24+,28-,29-,30+,31+,33?/m1/s1. The third-order valence-electron chi connectivity index (χ3n) is 13.2.